The van der Waals surface area contributed by atoms with Gasteiger partial charge in [-0.15, -0.1) is 11.3 Å². The number of hydrogen-bond donors (Lipinski definition) is 2. The molecule has 0 saturated carbocycles. The fourth-order valence-electron chi connectivity index (χ4n) is 2.04. The second kappa shape index (κ2) is 6.36. The van der Waals surface area contributed by atoms with E-state index in [-0.39, 0.29) is 5.01 Å². The van der Waals surface area contributed by atoms with E-state index in [4.69, 9.17) is 17.3 Å². The number of carbonyl (C=O) groups is 2. The van der Waals surface area contributed by atoms with Gasteiger partial charge in [-0.05, 0) is 35.9 Å². The van der Waals surface area contributed by atoms with Crippen LogP contribution < -0.4 is 11.1 Å². The Morgan fingerprint density at radius 1 is 1.17 bits per heavy atom. The van der Waals surface area contributed by atoms with Crippen LogP contribution in [-0.4, -0.2) is 16.7 Å². The van der Waals surface area contributed by atoms with Crippen molar-refractivity contribution in [1.29, 1.82) is 0 Å². The third-order valence-corrected chi connectivity index (χ3v) is 4.49. The number of carbonyl (C=O) groups excluding carboxylic acids is 2. The second-order valence-electron chi connectivity index (χ2n) is 4.87. The van der Waals surface area contributed by atoms with Gasteiger partial charge in [-0.25, -0.2) is 4.98 Å². The summed E-state index contributed by atoms with van der Waals surface area (Å²) in [6.45, 7) is 0.647. The molecule has 0 aliphatic rings. The number of hydrogen-bond acceptors (Lipinski definition) is 5. The number of primary amides is 1. The van der Waals surface area contributed by atoms with E-state index in [1.54, 1.807) is 6.07 Å². The van der Waals surface area contributed by atoms with Gasteiger partial charge in [-0.2, -0.15) is 0 Å². The van der Waals surface area contributed by atoms with Crippen molar-refractivity contribution >= 4 is 50.5 Å². The van der Waals surface area contributed by atoms with Crippen LogP contribution >= 0.6 is 22.9 Å². The first-order valence-electron chi connectivity index (χ1n) is 6.76. The molecule has 2 aromatic carbocycles. The summed E-state index contributed by atoms with van der Waals surface area (Å²) >= 11 is 7.01. The van der Waals surface area contributed by atoms with Crippen LogP contribution in [0.25, 0.3) is 10.2 Å². The van der Waals surface area contributed by atoms with E-state index in [0.717, 1.165) is 27.3 Å². The second-order valence-corrected chi connectivity index (χ2v) is 6.34. The van der Waals surface area contributed by atoms with Gasteiger partial charge in [0.05, 0.1) is 10.2 Å². The molecule has 1 heterocycles. The van der Waals surface area contributed by atoms with Crippen LogP contribution in [0.4, 0.5) is 5.69 Å². The molecule has 0 radical (unpaired) electrons. The summed E-state index contributed by atoms with van der Waals surface area (Å²) in [6.07, 6.45) is 0. The standard InChI is InChI=1S/C16H12ClN3O2S/c17-10-3-1-9(2-4-10)8-19-11-5-6-12-13(7-11)23-16(20-12)14(21)15(18)22/h1-7,19H,8H2,(H2,18,22). The summed E-state index contributed by atoms with van der Waals surface area (Å²) in [5, 5.41) is 4.11. The van der Waals surface area contributed by atoms with Crippen LogP contribution in [0.2, 0.25) is 5.02 Å². The Labute approximate surface area is 141 Å². The zero-order valence-electron chi connectivity index (χ0n) is 11.9. The Balaban J connectivity index is 1.78. The summed E-state index contributed by atoms with van der Waals surface area (Å²) in [6, 6.07) is 13.1. The third-order valence-electron chi connectivity index (χ3n) is 3.22. The molecule has 0 bridgehead atoms. The van der Waals surface area contributed by atoms with E-state index < -0.39 is 11.7 Å². The first-order valence-corrected chi connectivity index (χ1v) is 7.95. The Bertz CT molecular complexity index is 890. The molecule has 0 atom stereocenters. The van der Waals surface area contributed by atoms with E-state index in [9.17, 15) is 9.59 Å². The monoisotopic (exact) mass is 345 g/mol. The average molecular weight is 346 g/mol. The van der Waals surface area contributed by atoms with Crippen LogP contribution in [0.15, 0.2) is 42.5 Å². The van der Waals surface area contributed by atoms with Gasteiger partial charge >= 0.3 is 0 Å². The highest BCUT2D eigenvalue weighted by molar-refractivity contribution is 7.21. The van der Waals surface area contributed by atoms with Crippen molar-refractivity contribution in [3.05, 3.63) is 58.1 Å². The van der Waals surface area contributed by atoms with Crippen molar-refractivity contribution in [1.82, 2.24) is 4.98 Å². The highest BCUT2D eigenvalue weighted by Gasteiger charge is 2.17. The predicted octanol–water partition coefficient (Wildman–Crippen LogP) is 3.23. The fourth-order valence-corrected chi connectivity index (χ4v) is 3.12. The lowest BCUT2D eigenvalue weighted by atomic mass is 10.2. The molecule has 0 fully saturated rings. The number of benzene rings is 2. The number of nitrogens with two attached hydrogens (primary N) is 1. The largest absolute Gasteiger partial charge is 0.381 e. The molecular weight excluding hydrogens is 334 g/mol. The number of Topliss-reactive ketones (excluding diaryl/α,β-unsaturated/α-hetero) is 1. The lowest BCUT2D eigenvalue weighted by molar-refractivity contribution is -0.114. The Morgan fingerprint density at radius 2 is 1.91 bits per heavy atom. The highest BCUT2D eigenvalue weighted by atomic mass is 35.5. The van der Waals surface area contributed by atoms with Crippen molar-refractivity contribution < 1.29 is 9.59 Å². The van der Waals surface area contributed by atoms with Gasteiger partial charge in [-0.1, -0.05) is 23.7 Å². The smallest absolute Gasteiger partial charge is 0.292 e. The van der Waals surface area contributed by atoms with Crippen molar-refractivity contribution in [3.8, 4) is 0 Å². The first-order chi connectivity index (χ1) is 11.0. The van der Waals surface area contributed by atoms with Crippen molar-refractivity contribution in [2.24, 2.45) is 5.73 Å². The normalized spacial score (nSPS) is 10.7. The van der Waals surface area contributed by atoms with Gasteiger partial charge in [-0.3, -0.25) is 9.59 Å². The molecule has 5 nitrogen and oxygen atoms in total. The molecule has 3 rings (SSSR count). The number of amides is 1. The molecule has 0 aliphatic heterocycles. The summed E-state index contributed by atoms with van der Waals surface area (Å²) in [7, 11) is 0. The molecule has 0 unspecified atom stereocenters. The number of ketones is 1. The minimum atomic E-state index is -0.995. The van der Waals surface area contributed by atoms with E-state index >= 15 is 0 Å². The van der Waals surface area contributed by atoms with Gasteiger partial charge < -0.3 is 11.1 Å². The summed E-state index contributed by atoms with van der Waals surface area (Å²) in [4.78, 5) is 26.7. The van der Waals surface area contributed by atoms with E-state index in [1.807, 2.05) is 36.4 Å². The highest BCUT2D eigenvalue weighted by Crippen LogP contribution is 2.26. The molecule has 3 aromatic rings. The van der Waals surface area contributed by atoms with E-state index in [1.165, 1.54) is 0 Å². The summed E-state index contributed by atoms with van der Waals surface area (Å²) in [5.74, 6) is -1.76. The molecule has 0 saturated heterocycles. The fraction of sp³-hybridized carbons (Fsp3) is 0.0625. The number of fused-ring (bicyclic) bond motifs is 1. The lowest BCUT2D eigenvalue weighted by Gasteiger charge is -2.06. The average Bonchev–Trinajstić information content (AvgIpc) is 2.96. The number of aromatic nitrogens is 1. The molecule has 7 heteroatoms. The number of rotatable bonds is 5. The van der Waals surface area contributed by atoms with E-state index in [2.05, 4.69) is 10.3 Å². The Hall–Kier alpha value is -2.44. The van der Waals surface area contributed by atoms with Crippen LogP contribution in [0.3, 0.4) is 0 Å². The molecule has 3 N–H and O–H groups in total. The van der Waals surface area contributed by atoms with Crippen LogP contribution in [0.1, 0.15) is 15.4 Å². The Kier molecular flexibility index (Phi) is 4.27. The van der Waals surface area contributed by atoms with Crippen LogP contribution in [0, 0.1) is 0 Å². The molecule has 0 aliphatic carbocycles. The Morgan fingerprint density at radius 3 is 2.61 bits per heavy atom. The quantitative estimate of drug-likeness (QED) is 0.549. The zero-order valence-corrected chi connectivity index (χ0v) is 13.4. The molecule has 0 spiro atoms. The van der Waals surface area contributed by atoms with Crippen molar-refractivity contribution in [2.75, 3.05) is 5.32 Å². The van der Waals surface area contributed by atoms with Gasteiger partial charge in [0, 0.05) is 17.3 Å². The van der Waals surface area contributed by atoms with Crippen LogP contribution in [-0.2, 0) is 11.3 Å². The van der Waals surface area contributed by atoms with Crippen LogP contribution in [0.5, 0.6) is 0 Å². The number of anilines is 1. The van der Waals surface area contributed by atoms with E-state index in [0.29, 0.717) is 17.1 Å². The van der Waals surface area contributed by atoms with Crippen molar-refractivity contribution in [2.45, 2.75) is 6.54 Å². The SMILES string of the molecule is NC(=O)C(=O)c1nc2ccc(NCc3ccc(Cl)cc3)cc2s1. The molecular formula is C16H12ClN3O2S. The maximum absolute atomic E-state index is 11.6. The maximum atomic E-state index is 11.6. The minimum absolute atomic E-state index is 0.113. The van der Waals surface area contributed by atoms with Gasteiger partial charge in [0.15, 0.2) is 5.01 Å². The summed E-state index contributed by atoms with van der Waals surface area (Å²) in [5.41, 5.74) is 7.66. The molecule has 23 heavy (non-hydrogen) atoms. The van der Waals surface area contributed by atoms with Gasteiger partial charge in [0.1, 0.15) is 0 Å². The first kappa shape index (κ1) is 15.5. The lowest BCUT2D eigenvalue weighted by Crippen LogP contribution is -2.22. The molecule has 1 aromatic heterocycles. The minimum Gasteiger partial charge on any atom is -0.381 e. The number of halogens is 1. The number of nitrogens with one attached hydrogen (secondary N) is 1. The summed E-state index contributed by atoms with van der Waals surface area (Å²) < 4.78 is 0.815. The predicted molar refractivity (Wildman–Crippen MR) is 91.9 cm³/mol. The van der Waals surface area contributed by atoms with Gasteiger partial charge in [0.2, 0.25) is 0 Å². The number of thiazole rings is 1. The number of nitrogens with zero attached hydrogens (tertiary/aromatic N) is 1. The third kappa shape index (κ3) is 3.49. The molecule has 1 amide bonds. The van der Waals surface area contributed by atoms with Gasteiger partial charge in [0.25, 0.3) is 11.7 Å². The maximum Gasteiger partial charge on any atom is 0.292 e. The molecule has 116 valence electrons. The zero-order chi connectivity index (χ0) is 16.4. The van der Waals surface area contributed by atoms with Crippen molar-refractivity contribution in [3.63, 3.8) is 0 Å². The topological polar surface area (TPSA) is 85.1 Å².